The Hall–Kier alpha value is -2.52. The molecule has 4 rings (SSSR count). The first-order valence-corrected chi connectivity index (χ1v) is 9.07. The lowest BCUT2D eigenvalue weighted by atomic mass is 10.1. The molecule has 0 aliphatic rings. The molecule has 1 N–H and O–H groups in total. The number of nitrogens with one attached hydrogen (secondary N) is 1. The number of furan rings is 1. The molecule has 0 amide bonds. The molecule has 0 atom stereocenters. The summed E-state index contributed by atoms with van der Waals surface area (Å²) in [5.74, 6) is 1.81. The highest BCUT2D eigenvalue weighted by atomic mass is 79.9. The predicted molar refractivity (Wildman–Crippen MR) is 108 cm³/mol. The van der Waals surface area contributed by atoms with Gasteiger partial charge in [-0.3, -0.25) is 0 Å². The van der Waals surface area contributed by atoms with E-state index in [4.69, 9.17) is 4.42 Å². The summed E-state index contributed by atoms with van der Waals surface area (Å²) in [6, 6.07) is 25.0. The van der Waals surface area contributed by atoms with E-state index in [1.807, 2.05) is 12.1 Å². The van der Waals surface area contributed by atoms with Crippen LogP contribution in [-0.2, 0) is 6.54 Å². The monoisotopic (exact) mass is 391 g/mol. The van der Waals surface area contributed by atoms with Crippen LogP contribution in [0.5, 0.6) is 0 Å². The Morgan fingerprint density at radius 1 is 0.920 bits per heavy atom. The van der Waals surface area contributed by atoms with Gasteiger partial charge in [0.25, 0.3) is 0 Å². The largest absolute Gasteiger partial charge is 0.459 e. The Kier molecular flexibility index (Phi) is 4.33. The van der Waals surface area contributed by atoms with Gasteiger partial charge in [0.1, 0.15) is 11.5 Å². The van der Waals surface area contributed by atoms with Crippen molar-refractivity contribution < 1.29 is 4.42 Å². The van der Waals surface area contributed by atoms with Crippen molar-refractivity contribution in [2.75, 3.05) is 5.32 Å². The molecule has 25 heavy (non-hydrogen) atoms. The van der Waals surface area contributed by atoms with Crippen molar-refractivity contribution in [1.82, 2.24) is 0 Å². The highest BCUT2D eigenvalue weighted by molar-refractivity contribution is 9.10. The van der Waals surface area contributed by atoms with E-state index < -0.39 is 0 Å². The fraction of sp³-hybridized carbons (Fsp3) is 0.0909. The molecule has 0 spiro atoms. The molecule has 124 valence electrons. The molecule has 0 saturated heterocycles. The maximum atomic E-state index is 6.02. The van der Waals surface area contributed by atoms with E-state index in [1.54, 1.807) is 0 Å². The first-order chi connectivity index (χ1) is 12.2. The molecule has 1 heterocycles. The Bertz CT molecular complexity index is 1030. The van der Waals surface area contributed by atoms with Crippen molar-refractivity contribution >= 4 is 32.4 Å². The van der Waals surface area contributed by atoms with Crippen LogP contribution in [0, 0.1) is 6.92 Å². The lowest BCUT2D eigenvalue weighted by molar-refractivity contribution is 0.531. The SMILES string of the molecule is Cc1cc(-c2ccc(CNc3cccc4ccccc34)o2)ccc1Br. The highest BCUT2D eigenvalue weighted by Gasteiger charge is 2.07. The zero-order valence-corrected chi connectivity index (χ0v) is 15.5. The molecule has 2 nitrogen and oxygen atoms in total. The average Bonchev–Trinajstić information content (AvgIpc) is 3.11. The molecule has 1 aromatic heterocycles. The number of aryl methyl sites for hydroxylation is 1. The van der Waals surface area contributed by atoms with Gasteiger partial charge in [-0.05, 0) is 48.2 Å². The van der Waals surface area contributed by atoms with Crippen molar-refractivity contribution in [3.63, 3.8) is 0 Å². The second-order valence-corrected chi connectivity index (χ2v) is 6.96. The van der Waals surface area contributed by atoms with Crippen LogP contribution >= 0.6 is 15.9 Å². The third-order valence-electron chi connectivity index (χ3n) is 4.35. The van der Waals surface area contributed by atoms with Crippen LogP contribution in [0.2, 0.25) is 0 Å². The van der Waals surface area contributed by atoms with Gasteiger partial charge < -0.3 is 9.73 Å². The van der Waals surface area contributed by atoms with E-state index in [-0.39, 0.29) is 0 Å². The fourth-order valence-electron chi connectivity index (χ4n) is 2.99. The van der Waals surface area contributed by atoms with Crippen LogP contribution in [0.1, 0.15) is 11.3 Å². The Balaban J connectivity index is 1.54. The van der Waals surface area contributed by atoms with Gasteiger partial charge in [-0.1, -0.05) is 58.4 Å². The van der Waals surface area contributed by atoms with Gasteiger partial charge in [0.2, 0.25) is 0 Å². The summed E-state index contributed by atoms with van der Waals surface area (Å²) in [5.41, 5.74) is 3.41. The first kappa shape index (κ1) is 16.0. The Morgan fingerprint density at radius 2 is 1.76 bits per heavy atom. The molecular formula is C22H18BrNO. The first-order valence-electron chi connectivity index (χ1n) is 8.27. The van der Waals surface area contributed by atoms with Crippen LogP contribution in [0.25, 0.3) is 22.1 Å². The molecule has 0 fully saturated rings. The Labute approximate surface area is 155 Å². The van der Waals surface area contributed by atoms with Gasteiger partial charge in [0.05, 0.1) is 6.54 Å². The van der Waals surface area contributed by atoms with E-state index in [9.17, 15) is 0 Å². The summed E-state index contributed by atoms with van der Waals surface area (Å²) in [6.07, 6.45) is 0. The minimum absolute atomic E-state index is 0.656. The average molecular weight is 392 g/mol. The summed E-state index contributed by atoms with van der Waals surface area (Å²) < 4.78 is 7.13. The number of hydrogen-bond donors (Lipinski definition) is 1. The van der Waals surface area contributed by atoms with Crippen molar-refractivity contribution in [2.24, 2.45) is 0 Å². The minimum atomic E-state index is 0.656. The number of rotatable bonds is 4. The summed E-state index contributed by atoms with van der Waals surface area (Å²) >= 11 is 3.54. The molecule has 0 aliphatic heterocycles. The van der Waals surface area contributed by atoms with E-state index in [0.29, 0.717) is 6.54 Å². The third kappa shape index (κ3) is 3.33. The number of halogens is 1. The number of anilines is 1. The van der Waals surface area contributed by atoms with Crippen molar-refractivity contribution in [1.29, 1.82) is 0 Å². The van der Waals surface area contributed by atoms with Crippen LogP contribution in [-0.4, -0.2) is 0 Å². The van der Waals surface area contributed by atoms with Gasteiger partial charge >= 0.3 is 0 Å². The normalized spacial score (nSPS) is 11.0. The smallest absolute Gasteiger partial charge is 0.134 e. The number of fused-ring (bicyclic) bond motifs is 1. The molecule has 0 saturated carbocycles. The quantitative estimate of drug-likeness (QED) is 0.414. The van der Waals surface area contributed by atoms with Crippen molar-refractivity contribution in [3.05, 3.63) is 88.6 Å². The molecule has 0 radical (unpaired) electrons. The molecule has 3 aromatic carbocycles. The maximum Gasteiger partial charge on any atom is 0.134 e. The molecule has 4 aromatic rings. The lowest BCUT2D eigenvalue weighted by Crippen LogP contribution is -1.98. The minimum Gasteiger partial charge on any atom is -0.459 e. The zero-order chi connectivity index (χ0) is 17.2. The fourth-order valence-corrected chi connectivity index (χ4v) is 3.23. The summed E-state index contributed by atoms with van der Waals surface area (Å²) in [4.78, 5) is 0. The van der Waals surface area contributed by atoms with Crippen LogP contribution in [0.4, 0.5) is 5.69 Å². The topological polar surface area (TPSA) is 25.2 Å². The van der Waals surface area contributed by atoms with Crippen LogP contribution < -0.4 is 5.32 Å². The standard InChI is InChI=1S/C22H18BrNO/c1-15-13-17(9-11-20(15)23)22-12-10-18(25-22)14-24-21-8-4-6-16-5-2-3-7-19(16)21/h2-13,24H,14H2,1H3. The number of benzene rings is 3. The maximum absolute atomic E-state index is 6.02. The Morgan fingerprint density at radius 3 is 2.64 bits per heavy atom. The predicted octanol–water partition coefficient (Wildman–Crippen LogP) is 6.78. The molecular weight excluding hydrogens is 374 g/mol. The van der Waals surface area contributed by atoms with Gasteiger partial charge in [-0.15, -0.1) is 0 Å². The van der Waals surface area contributed by atoms with E-state index in [1.165, 1.54) is 16.3 Å². The zero-order valence-electron chi connectivity index (χ0n) is 13.9. The van der Waals surface area contributed by atoms with E-state index in [0.717, 1.165) is 27.2 Å². The summed E-state index contributed by atoms with van der Waals surface area (Å²) in [6.45, 7) is 2.74. The second-order valence-electron chi connectivity index (χ2n) is 6.11. The number of hydrogen-bond acceptors (Lipinski definition) is 2. The van der Waals surface area contributed by atoms with Gasteiger partial charge in [0, 0.05) is 21.1 Å². The van der Waals surface area contributed by atoms with Crippen LogP contribution in [0.3, 0.4) is 0 Å². The molecule has 0 bridgehead atoms. The molecule has 3 heteroatoms. The summed E-state index contributed by atoms with van der Waals surface area (Å²) in [5, 5.41) is 5.94. The lowest BCUT2D eigenvalue weighted by Gasteiger charge is -2.08. The molecule has 0 aliphatic carbocycles. The highest BCUT2D eigenvalue weighted by Crippen LogP contribution is 2.28. The van der Waals surface area contributed by atoms with Crippen molar-refractivity contribution in [3.8, 4) is 11.3 Å². The van der Waals surface area contributed by atoms with Crippen LogP contribution in [0.15, 0.2) is 81.7 Å². The van der Waals surface area contributed by atoms with E-state index >= 15 is 0 Å². The van der Waals surface area contributed by atoms with Gasteiger partial charge in [-0.25, -0.2) is 0 Å². The second kappa shape index (κ2) is 6.77. The third-order valence-corrected chi connectivity index (χ3v) is 5.24. The van der Waals surface area contributed by atoms with Crippen molar-refractivity contribution in [2.45, 2.75) is 13.5 Å². The summed E-state index contributed by atoms with van der Waals surface area (Å²) in [7, 11) is 0. The van der Waals surface area contributed by atoms with E-state index in [2.05, 4.69) is 88.8 Å². The van der Waals surface area contributed by atoms with Gasteiger partial charge in [0.15, 0.2) is 0 Å². The van der Waals surface area contributed by atoms with Gasteiger partial charge in [-0.2, -0.15) is 0 Å². The molecule has 0 unspecified atom stereocenters.